The number of hydrogen-bond acceptors (Lipinski definition) is 6. The monoisotopic (exact) mass is 427 g/mol. The molecule has 1 amide bonds. The number of halogens is 1. The van der Waals surface area contributed by atoms with Crippen LogP contribution in [-0.2, 0) is 11.3 Å². The number of benzene rings is 2. The molecule has 0 fully saturated rings. The first-order valence-corrected chi connectivity index (χ1v) is 9.68. The van der Waals surface area contributed by atoms with Crippen LogP contribution in [0.1, 0.15) is 32.9 Å². The standard InChI is InChI=1S/C22H18ClNO6/c23-16-11-14(12-19-20(16)29-10-4-9-28-19)13-30-22(26)15-5-1-2-6-17(15)24-21(25)18-7-3-8-27-18/h1-3,5-8,11-12H,4,9-10,13H2,(H,24,25). The summed E-state index contributed by atoms with van der Waals surface area (Å²) in [5.74, 6) is 0.107. The molecule has 0 atom stereocenters. The summed E-state index contributed by atoms with van der Waals surface area (Å²) in [6, 6.07) is 13.1. The fourth-order valence-corrected chi connectivity index (χ4v) is 3.24. The Morgan fingerprint density at radius 2 is 1.90 bits per heavy atom. The normalized spacial score (nSPS) is 12.7. The quantitative estimate of drug-likeness (QED) is 0.594. The van der Waals surface area contributed by atoms with E-state index in [0.717, 1.165) is 6.42 Å². The van der Waals surface area contributed by atoms with E-state index in [1.807, 2.05) is 0 Å². The molecule has 1 aromatic heterocycles. The van der Waals surface area contributed by atoms with E-state index in [9.17, 15) is 9.59 Å². The minimum absolute atomic E-state index is 0.0182. The fourth-order valence-electron chi connectivity index (χ4n) is 2.96. The van der Waals surface area contributed by atoms with Crippen LogP contribution in [0, 0.1) is 0 Å². The molecule has 2 heterocycles. The molecule has 0 unspecified atom stereocenters. The van der Waals surface area contributed by atoms with Gasteiger partial charge in [0.15, 0.2) is 17.3 Å². The number of nitrogens with one attached hydrogen (secondary N) is 1. The number of amides is 1. The van der Waals surface area contributed by atoms with Crippen molar-refractivity contribution in [1.29, 1.82) is 0 Å². The second-order valence-corrected chi connectivity index (χ2v) is 6.92. The number of carbonyl (C=O) groups excluding carboxylic acids is 2. The molecule has 4 rings (SSSR count). The van der Waals surface area contributed by atoms with Crippen molar-refractivity contribution in [2.75, 3.05) is 18.5 Å². The van der Waals surface area contributed by atoms with Gasteiger partial charge in [0.25, 0.3) is 5.91 Å². The van der Waals surface area contributed by atoms with Gasteiger partial charge in [-0.1, -0.05) is 23.7 Å². The number of rotatable bonds is 5. The highest BCUT2D eigenvalue weighted by atomic mass is 35.5. The van der Waals surface area contributed by atoms with E-state index in [4.69, 9.17) is 30.2 Å². The SMILES string of the molecule is O=C(Nc1ccccc1C(=O)OCc1cc(Cl)c2c(c1)OCCCO2)c1ccco1. The predicted molar refractivity (Wildman–Crippen MR) is 109 cm³/mol. The lowest BCUT2D eigenvalue weighted by Gasteiger charge is -2.13. The Bertz CT molecular complexity index is 1060. The molecule has 8 heteroatoms. The summed E-state index contributed by atoms with van der Waals surface area (Å²) >= 11 is 6.28. The van der Waals surface area contributed by atoms with Gasteiger partial charge in [-0.25, -0.2) is 4.79 Å². The summed E-state index contributed by atoms with van der Waals surface area (Å²) in [6.45, 7) is 1.03. The van der Waals surface area contributed by atoms with E-state index < -0.39 is 11.9 Å². The summed E-state index contributed by atoms with van der Waals surface area (Å²) in [5, 5.41) is 3.05. The first kappa shape index (κ1) is 19.8. The number of carbonyl (C=O) groups is 2. The van der Waals surface area contributed by atoms with Gasteiger partial charge in [-0.2, -0.15) is 0 Å². The number of para-hydroxylation sites is 1. The van der Waals surface area contributed by atoms with Crippen LogP contribution in [-0.4, -0.2) is 25.1 Å². The van der Waals surface area contributed by atoms with Crippen molar-refractivity contribution in [1.82, 2.24) is 0 Å². The number of fused-ring (bicyclic) bond motifs is 1. The van der Waals surface area contributed by atoms with Crippen LogP contribution >= 0.6 is 11.6 Å². The maximum absolute atomic E-state index is 12.6. The Kier molecular flexibility index (Phi) is 5.90. The topological polar surface area (TPSA) is 87.0 Å². The minimum atomic E-state index is -0.589. The van der Waals surface area contributed by atoms with Gasteiger partial charge in [0, 0.05) is 6.42 Å². The lowest BCUT2D eigenvalue weighted by Crippen LogP contribution is -2.15. The predicted octanol–water partition coefficient (Wildman–Crippen LogP) is 4.70. The van der Waals surface area contributed by atoms with Crippen molar-refractivity contribution in [2.24, 2.45) is 0 Å². The molecule has 3 aromatic rings. The van der Waals surface area contributed by atoms with Crippen LogP contribution in [0.2, 0.25) is 5.02 Å². The summed E-state index contributed by atoms with van der Waals surface area (Å²) in [6.07, 6.45) is 2.16. The Hall–Kier alpha value is -3.45. The zero-order valence-electron chi connectivity index (χ0n) is 15.9. The van der Waals surface area contributed by atoms with E-state index in [1.54, 1.807) is 42.5 Å². The van der Waals surface area contributed by atoms with Gasteiger partial charge in [-0.3, -0.25) is 4.79 Å². The highest BCUT2D eigenvalue weighted by Gasteiger charge is 2.19. The Labute approximate surface area is 177 Å². The van der Waals surface area contributed by atoms with Gasteiger partial charge in [0.2, 0.25) is 0 Å². The maximum Gasteiger partial charge on any atom is 0.340 e. The molecule has 1 aliphatic rings. The number of hydrogen-bond donors (Lipinski definition) is 1. The number of esters is 1. The molecule has 7 nitrogen and oxygen atoms in total. The van der Waals surface area contributed by atoms with Crippen molar-refractivity contribution in [3.05, 3.63) is 76.7 Å². The van der Waals surface area contributed by atoms with E-state index in [1.165, 1.54) is 12.3 Å². The zero-order valence-corrected chi connectivity index (χ0v) is 16.6. The third-order valence-electron chi connectivity index (χ3n) is 4.37. The van der Waals surface area contributed by atoms with E-state index in [-0.39, 0.29) is 17.9 Å². The largest absolute Gasteiger partial charge is 0.489 e. The van der Waals surface area contributed by atoms with E-state index in [2.05, 4.69) is 5.32 Å². The Morgan fingerprint density at radius 3 is 2.73 bits per heavy atom. The molecule has 1 N–H and O–H groups in total. The molecular weight excluding hydrogens is 410 g/mol. The summed E-state index contributed by atoms with van der Waals surface area (Å²) < 4.78 is 21.8. The molecule has 2 aromatic carbocycles. The van der Waals surface area contributed by atoms with E-state index >= 15 is 0 Å². The fraction of sp³-hybridized carbons (Fsp3) is 0.182. The Balaban J connectivity index is 1.47. The van der Waals surface area contributed by atoms with Crippen LogP contribution in [0.5, 0.6) is 11.5 Å². The number of furan rings is 1. The summed E-state index contributed by atoms with van der Waals surface area (Å²) in [5.41, 5.74) is 1.20. The summed E-state index contributed by atoms with van der Waals surface area (Å²) in [4.78, 5) is 24.9. The average Bonchev–Trinajstić information content (AvgIpc) is 3.18. The van der Waals surface area contributed by atoms with Gasteiger partial charge in [0.1, 0.15) is 6.61 Å². The van der Waals surface area contributed by atoms with Crippen molar-refractivity contribution in [3.8, 4) is 11.5 Å². The third-order valence-corrected chi connectivity index (χ3v) is 4.65. The van der Waals surface area contributed by atoms with Crippen molar-refractivity contribution in [3.63, 3.8) is 0 Å². The second-order valence-electron chi connectivity index (χ2n) is 6.51. The minimum Gasteiger partial charge on any atom is -0.489 e. The molecule has 0 saturated carbocycles. The van der Waals surface area contributed by atoms with Crippen LogP contribution in [0.4, 0.5) is 5.69 Å². The van der Waals surface area contributed by atoms with Gasteiger partial charge in [-0.15, -0.1) is 0 Å². The van der Waals surface area contributed by atoms with Crippen LogP contribution in [0.25, 0.3) is 0 Å². The lowest BCUT2D eigenvalue weighted by molar-refractivity contribution is 0.0473. The van der Waals surface area contributed by atoms with Crippen molar-refractivity contribution < 1.29 is 28.2 Å². The van der Waals surface area contributed by atoms with Gasteiger partial charge < -0.3 is 23.9 Å². The van der Waals surface area contributed by atoms with Crippen LogP contribution in [0.15, 0.2) is 59.2 Å². The van der Waals surface area contributed by atoms with Gasteiger partial charge >= 0.3 is 5.97 Å². The maximum atomic E-state index is 12.6. The zero-order chi connectivity index (χ0) is 20.9. The summed E-state index contributed by atoms with van der Waals surface area (Å²) in [7, 11) is 0. The van der Waals surface area contributed by atoms with Crippen molar-refractivity contribution >= 4 is 29.2 Å². The number of anilines is 1. The Morgan fingerprint density at radius 1 is 1.07 bits per heavy atom. The van der Waals surface area contributed by atoms with Crippen molar-refractivity contribution in [2.45, 2.75) is 13.0 Å². The molecule has 0 aliphatic carbocycles. The van der Waals surface area contributed by atoms with Gasteiger partial charge in [0.05, 0.1) is 35.8 Å². The molecule has 0 radical (unpaired) electrons. The molecule has 0 saturated heterocycles. The molecule has 154 valence electrons. The van der Waals surface area contributed by atoms with E-state index in [0.29, 0.717) is 41.0 Å². The smallest absolute Gasteiger partial charge is 0.340 e. The molecule has 0 spiro atoms. The first-order valence-electron chi connectivity index (χ1n) is 9.31. The molecule has 0 bridgehead atoms. The van der Waals surface area contributed by atoms with Crippen LogP contribution in [0.3, 0.4) is 0 Å². The molecular formula is C22H18ClNO6. The molecule has 30 heavy (non-hydrogen) atoms. The number of ether oxygens (including phenoxy) is 3. The third kappa shape index (κ3) is 4.41. The van der Waals surface area contributed by atoms with Gasteiger partial charge in [-0.05, 0) is 42.0 Å². The van der Waals surface area contributed by atoms with Crippen LogP contribution < -0.4 is 14.8 Å². The average molecular weight is 428 g/mol. The highest BCUT2D eigenvalue weighted by Crippen LogP contribution is 2.38. The lowest BCUT2D eigenvalue weighted by atomic mass is 10.1. The first-order chi connectivity index (χ1) is 14.6. The highest BCUT2D eigenvalue weighted by molar-refractivity contribution is 6.32. The molecule has 1 aliphatic heterocycles. The second kappa shape index (κ2) is 8.92.